The number of rotatable bonds is 4. The first kappa shape index (κ1) is 30.4. The minimum atomic E-state index is -1.20. The summed E-state index contributed by atoms with van der Waals surface area (Å²) in [6.07, 6.45) is 14.3. The Bertz CT molecular complexity index is 2490. The summed E-state index contributed by atoms with van der Waals surface area (Å²) in [7, 11) is 0. The Morgan fingerprint density at radius 1 is 0.640 bits per heavy atom. The Hall–Kier alpha value is -5.68. The van der Waals surface area contributed by atoms with Gasteiger partial charge in [0.05, 0.1) is 39.1 Å². The third-order valence-corrected chi connectivity index (χ3v) is 10.3. The fourth-order valence-electron chi connectivity index (χ4n) is 7.41. The molecule has 1 aromatic heterocycles. The van der Waals surface area contributed by atoms with Crippen LogP contribution in [0.3, 0.4) is 0 Å². The lowest BCUT2D eigenvalue weighted by Gasteiger charge is -2.42. The van der Waals surface area contributed by atoms with Crippen molar-refractivity contribution >= 4 is 63.6 Å². The summed E-state index contributed by atoms with van der Waals surface area (Å²) in [4.78, 5) is 14.9. The summed E-state index contributed by atoms with van der Waals surface area (Å²) in [6.45, 7) is 0. The van der Waals surface area contributed by atoms with Crippen LogP contribution in [0, 0.1) is 0 Å². The molecule has 50 heavy (non-hydrogen) atoms. The number of aromatic amines is 1. The lowest BCUT2D eigenvalue weighted by molar-refractivity contribution is 0.682. The van der Waals surface area contributed by atoms with Gasteiger partial charge in [-0.3, -0.25) is 0 Å². The van der Waals surface area contributed by atoms with E-state index < -0.39 is 5.00 Å². The summed E-state index contributed by atoms with van der Waals surface area (Å²) in [5, 5.41) is 2.25. The SMILES string of the molecule is Clc1cc2[nH]c1=CC1=NC(=C(c3ccccc3)C3(Cl)C(c4ccccc4)C(c4ccccc4)=C(C=C4C=CC(=N4)C=2)N3c2ccccc2)C=C1. The molecule has 0 fully saturated rings. The van der Waals surface area contributed by atoms with Crippen molar-refractivity contribution < 1.29 is 0 Å². The first-order valence-electron chi connectivity index (χ1n) is 16.6. The first-order valence-corrected chi connectivity index (χ1v) is 17.3. The number of nitrogens with one attached hydrogen (secondary N) is 1. The number of alkyl halides is 1. The molecule has 4 nitrogen and oxygen atoms in total. The van der Waals surface area contributed by atoms with Crippen LogP contribution in [0.25, 0.3) is 23.3 Å². The minimum absolute atomic E-state index is 0.338. The van der Waals surface area contributed by atoms with Gasteiger partial charge in [-0.1, -0.05) is 132 Å². The van der Waals surface area contributed by atoms with Gasteiger partial charge < -0.3 is 9.88 Å². The molecule has 4 aliphatic rings. The number of benzene rings is 4. The van der Waals surface area contributed by atoms with Crippen LogP contribution < -0.4 is 15.6 Å². The number of aromatic nitrogens is 1. The quantitative estimate of drug-likeness (QED) is 0.149. The molecule has 0 spiro atoms. The van der Waals surface area contributed by atoms with Crippen molar-refractivity contribution in [2.24, 2.45) is 9.98 Å². The number of aliphatic imine (C=N–C) groups is 2. The van der Waals surface area contributed by atoms with Gasteiger partial charge in [0.25, 0.3) is 0 Å². The first-order chi connectivity index (χ1) is 24.6. The van der Waals surface area contributed by atoms with Gasteiger partial charge in [0, 0.05) is 22.3 Å². The molecule has 2 atom stereocenters. The number of hydrogen-bond acceptors (Lipinski definition) is 3. The highest BCUT2D eigenvalue weighted by Gasteiger charge is 2.56. The van der Waals surface area contributed by atoms with E-state index in [1.54, 1.807) is 0 Å². The van der Waals surface area contributed by atoms with E-state index in [1.807, 2.05) is 42.5 Å². The molecule has 4 aliphatic heterocycles. The van der Waals surface area contributed by atoms with Crippen LogP contribution in [0.5, 0.6) is 0 Å². The molecule has 0 saturated carbocycles. The molecule has 2 unspecified atom stereocenters. The number of H-pyrrole nitrogens is 1. The van der Waals surface area contributed by atoms with Crippen molar-refractivity contribution in [1.82, 2.24) is 4.98 Å². The molecule has 5 heterocycles. The van der Waals surface area contributed by atoms with Crippen molar-refractivity contribution in [3.63, 3.8) is 0 Å². The van der Waals surface area contributed by atoms with E-state index in [4.69, 9.17) is 33.2 Å². The van der Waals surface area contributed by atoms with Gasteiger partial charge in [-0.15, -0.1) is 0 Å². The highest BCUT2D eigenvalue weighted by Crippen LogP contribution is 2.62. The maximum Gasteiger partial charge on any atom is 0.158 e. The van der Waals surface area contributed by atoms with Gasteiger partial charge in [0.2, 0.25) is 0 Å². The summed E-state index contributed by atoms with van der Waals surface area (Å²) in [6, 6.07) is 43.9. The lowest BCUT2D eigenvalue weighted by Crippen LogP contribution is -2.45. The predicted molar refractivity (Wildman–Crippen MR) is 209 cm³/mol. The third kappa shape index (κ3) is 5.16. The molecule has 5 aromatic rings. The second-order valence-electron chi connectivity index (χ2n) is 12.6. The zero-order valence-corrected chi connectivity index (χ0v) is 28.4. The molecule has 0 radical (unpaired) electrons. The highest BCUT2D eigenvalue weighted by atomic mass is 35.5. The number of fused-ring (bicyclic) bond motifs is 6. The Kier molecular flexibility index (Phi) is 7.49. The topological polar surface area (TPSA) is 43.8 Å². The van der Waals surface area contributed by atoms with Crippen LogP contribution >= 0.6 is 23.2 Å². The van der Waals surface area contributed by atoms with Crippen molar-refractivity contribution in [2.45, 2.75) is 10.9 Å². The second kappa shape index (κ2) is 12.3. The van der Waals surface area contributed by atoms with Gasteiger partial charge in [-0.25, -0.2) is 9.98 Å². The molecule has 6 heteroatoms. The number of hydrogen-bond donors (Lipinski definition) is 1. The maximum absolute atomic E-state index is 8.63. The van der Waals surface area contributed by atoms with Crippen molar-refractivity contribution in [3.8, 4) is 0 Å². The second-order valence-corrected chi connectivity index (χ2v) is 13.5. The number of halogens is 2. The zero-order chi connectivity index (χ0) is 33.7. The van der Waals surface area contributed by atoms with Crippen LogP contribution in [0.15, 0.2) is 185 Å². The van der Waals surface area contributed by atoms with Crippen molar-refractivity contribution in [1.29, 1.82) is 0 Å². The summed E-state index contributed by atoms with van der Waals surface area (Å²) >= 11 is 15.4. The monoisotopic (exact) mass is 684 g/mol. The summed E-state index contributed by atoms with van der Waals surface area (Å²) in [5.41, 5.74) is 10.2. The molecule has 4 aromatic carbocycles. The molecule has 0 aliphatic carbocycles. The number of anilines is 1. The van der Waals surface area contributed by atoms with E-state index in [2.05, 4.69) is 137 Å². The lowest BCUT2D eigenvalue weighted by atomic mass is 9.78. The molecule has 1 N–H and O–H groups in total. The van der Waals surface area contributed by atoms with Crippen molar-refractivity contribution in [2.75, 3.05) is 4.90 Å². The normalized spacial score (nSPS) is 20.8. The van der Waals surface area contributed by atoms with Crippen LogP contribution in [-0.4, -0.2) is 21.4 Å². The van der Waals surface area contributed by atoms with E-state index >= 15 is 0 Å². The van der Waals surface area contributed by atoms with Gasteiger partial charge >= 0.3 is 0 Å². The zero-order valence-electron chi connectivity index (χ0n) is 26.8. The minimum Gasteiger partial charge on any atom is -0.354 e. The van der Waals surface area contributed by atoms with Crippen LogP contribution in [-0.2, 0) is 0 Å². The van der Waals surface area contributed by atoms with Crippen LogP contribution in [0.4, 0.5) is 5.69 Å². The van der Waals surface area contributed by atoms with Crippen LogP contribution in [0.1, 0.15) is 22.6 Å². The largest absolute Gasteiger partial charge is 0.354 e. The Balaban J connectivity index is 1.47. The average molecular weight is 686 g/mol. The maximum atomic E-state index is 8.63. The predicted octanol–water partition coefficient (Wildman–Crippen LogP) is 9.21. The fourth-order valence-corrected chi connectivity index (χ4v) is 8.26. The highest BCUT2D eigenvalue weighted by molar-refractivity contribution is 6.36. The molecule has 9 rings (SSSR count). The van der Waals surface area contributed by atoms with Gasteiger partial charge in [0.15, 0.2) is 5.00 Å². The van der Waals surface area contributed by atoms with E-state index in [9.17, 15) is 0 Å². The number of nitrogens with zero attached hydrogens (tertiary/aromatic N) is 3. The summed E-state index contributed by atoms with van der Waals surface area (Å²) in [5.74, 6) is -0.338. The Morgan fingerprint density at radius 2 is 1.26 bits per heavy atom. The average Bonchev–Trinajstić information content (AvgIpc) is 3.93. The van der Waals surface area contributed by atoms with E-state index in [-0.39, 0.29) is 5.92 Å². The molecular weight excluding hydrogens is 655 g/mol. The van der Waals surface area contributed by atoms with Crippen LogP contribution in [0.2, 0.25) is 5.02 Å². The molecule has 0 amide bonds. The smallest absolute Gasteiger partial charge is 0.158 e. The summed E-state index contributed by atoms with van der Waals surface area (Å²) < 4.78 is 0. The Morgan fingerprint density at radius 3 is 1.98 bits per heavy atom. The molecule has 8 bridgehead atoms. The third-order valence-electron chi connectivity index (χ3n) is 9.46. The number of allylic oxidation sites excluding steroid dienone is 5. The molecular formula is C44H30Cl2N4. The van der Waals surface area contributed by atoms with E-state index in [1.165, 1.54) is 0 Å². The van der Waals surface area contributed by atoms with Gasteiger partial charge in [0.1, 0.15) is 0 Å². The fraction of sp³-hybridized carbons (Fsp3) is 0.0455. The van der Waals surface area contributed by atoms with Gasteiger partial charge in [-0.05, 0) is 83.0 Å². The standard InChI is InChI=1S/C44H30Cl2N4/c45-37-26-35-25-32-21-22-34(47-32)28-40-41(29-13-5-1-6-14-29)43(31-17-9-3-10-18-31)44(46,50(40)36-19-11-4-12-20-36)42(30-15-7-2-8-16-30)38-24-23-33(48-38)27-39(37)49-35/h1-28,43,49H. The molecule has 240 valence electrons. The van der Waals surface area contributed by atoms with Crippen molar-refractivity contribution in [3.05, 3.63) is 207 Å². The molecule has 0 saturated heterocycles. The van der Waals surface area contributed by atoms with E-state index in [0.717, 1.165) is 72.7 Å². The Labute approximate surface area is 300 Å². The van der Waals surface area contributed by atoms with Gasteiger partial charge in [-0.2, -0.15) is 0 Å². The van der Waals surface area contributed by atoms with E-state index in [0.29, 0.717) is 5.02 Å². The number of para-hydroxylation sites is 1.